The first kappa shape index (κ1) is 17.7. The molecule has 2 aliphatic rings. The van der Waals surface area contributed by atoms with E-state index in [1.807, 2.05) is 30.3 Å². The van der Waals surface area contributed by atoms with Crippen LogP contribution in [0.1, 0.15) is 41.6 Å². The Labute approximate surface area is 158 Å². The molecule has 1 aliphatic heterocycles. The van der Waals surface area contributed by atoms with Crippen LogP contribution in [0.25, 0.3) is 0 Å². The third-order valence-electron chi connectivity index (χ3n) is 5.75. The van der Waals surface area contributed by atoms with E-state index in [0.29, 0.717) is 5.56 Å². The average Bonchev–Trinajstić information content (AvgIpc) is 3.49. The van der Waals surface area contributed by atoms with Gasteiger partial charge in [-0.05, 0) is 67.6 Å². The zero-order valence-electron chi connectivity index (χ0n) is 15.2. The van der Waals surface area contributed by atoms with Crippen LogP contribution < -0.4 is 10.2 Å². The van der Waals surface area contributed by atoms with E-state index in [-0.39, 0.29) is 23.2 Å². The van der Waals surface area contributed by atoms with Gasteiger partial charge in [-0.2, -0.15) is 0 Å². The third-order valence-corrected chi connectivity index (χ3v) is 5.75. The van der Waals surface area contributed by atoms with Gasteiger partial charge in [-0.3, -0.25) is 9.59 Å². The molecule has 1 saturated carbocycles. The molecule has 1 aliphatic carbocycles. The molecule has 2 aromatic rings. The number of amides is 1. The Kier molecular flexibility index (Phi) is 4.68. The molecule has 1 N–H and O–H groups in total. The predicted octanol–water partition coefficient (Wildman–Crippen LogP) is 3.66. The number of benzene rings is 2. The lowest BCUT2D eigenvalue weighted by atomic mass is 9.94. The Balaban J connectivity index is 1.35. The summed E-state index contributed by atoms with van der Waals surface area (Å²) in [5.41, 5.74) is 2.24. The van der Waals surface area contributed by atoms with Crippen molar-refractivity contribution in [3.63, 3.8) is 0 Å². The van der Waals surface area contributed by atoms with Crippen LogP contribution in [0.5, 0.6) is 0 Å². The van der Waals surface area contributed by atoms with Gasteiger partial charge < -0.3 is 10.2 Å². The summed E-state index contributed by atoms with van der Waals surface area (Å²) in [7, 11) is 0. The molecule has 0 atom stereocenters. The van der Waals surface area contributed by atoms with E-state index in [4.69, 9.17) is 0 Å². The van der Waals surface area contributed by atoms with Gasteiger partial charge in [-0.25, -0.2) is 4.39 Å². The summed E-state index contributed by atoms with van der Waals surface area (Å²) in [6.07, 6.45) is 4.15. The van der Waals surface area contributed by atoms with Crippen molar-refractivity contribution in [2.75, 3.05) is 18.0 Å². The van der Waals surface area contributed by atoms with Crippen LogP contribution in [-0.4, -0.2) is 25.3 Å². The third kappa shape index (κ3) is 3.72. The molecule has 0 radical (unpaired) electrons. The molecular formula is C22H23FN2O2. The number of carbonyl (C=O) groups excluding carboxylic acids is 2. The quantitative estimate of drug-likeness (QED) is 0.822. The van der Waals surface area contributed by atoms with Crippen molar-refractivity contribution < 1.29 is 14.0 Å². The first-order valence-electron chi connectivity index (χ1n) is 9.48. The highest BCUT2D eigenvalue weighted by atomic mass is 19.1. The molecule has 4 nitrogen and oxygen atoms in total. The SMILES string of the molecule is O=Cc1ccc(N2CCC(C(=O)NC3(c4cccc(F)c4)CC3)CC2)cc1. The minimum Gasteiger partial charge on any atom is -0.371 e. The number of hydrogen-bond donors (Lipinski definition) is 1. The summed E-state index contributed by atoms with van der Waals surface area (Å²) in [6, 6.07) is 14.1. The highest BCUT2D eigenvalue weighted by Gasteiger charge is 2.46. The van der Waals surface area contributed by atoms with Crippen LogP contribution in [0, 0.1) is 11.7 Å². The fraction of sp³-hybridized carbons (Fsp3) is 0.364. The van der Waals surface area contributed by atoms with Crippen LogP contribution in [-0.2, 0) is 10.3 Å². The van der Waals surface area contributed by atoms with E-state index in [1.165, 1.54) is 12.1 Å². The minimum absolute atomic E-state index is 0.0125. The average molecular weight is 366 g/mol. The van der Waals surface area contributed by atoms with Crippen molar-refractivity contribution in [3.8, 4) is 0 Å². The number of rotatable bonds is 5. The van der Waals surface area contributed by atoms with Gasteiger partial charge in [0.2, 0.25) is 5.91 Å². The van der Waals surface area contributed by atoms with Crippen molar-refractivity contribution in [2.24, 2.45) is 5.92 Å². The van der Waals surface area contributed by atoms with E-state index < -0.39 is 0 Å². The van der Waals surface area contributed by atoms with E-state index in [2.05, 4.69) is 10.2 Å². The predicted molar refractivity (Wildman–Crippen MR) is 102 cm³/mol. The Morgan fingerprint density at radius 2 is 1.81 bits per heavy atom. The van der Waals surface area contributed by atoms with Crippen LogP contribution in [0.3, 0.4) is 0 Å². The number of nitrogens with one attached hydrogen (secondary N) is 1. The Morgan fingerprint density at radius 3 is 2.41 bits per heavy atom. The summed E-state index contributed by atoms with van der Waals surface area (Å²) >= 11 is 0. The summed E-state index contributed by atoms with van der Waals surface area (Å²) in [5, 5.41) is 3.19. The molecule has 2 aromatic carbocycles. The molecule has 1 heterocycles. The Morgan fingerprint density at radius 1 is 1.11 bits per heavy atom. The second kappa shape index (κ2) is 7.14. The van der Waals surface area contributed by atoms with Crippen molar-refractivity contribution in [3.05, 3.63) is 65.5 Å². The fourth-order valence-electron chi connectivity index (χ4n) is 3.90. The van der Waals surface area contributed by atoms with Crippen LogP contribution in [0.15, 0.2) is 48.5 Å². The summed E-state index contributed by atoms with van der Waals surface area (Å²) in [5.74, 6) is -0.198. The molecule has 0 bridgehead atoms. The van der Waals surface area contributed by atoms with Crippen molar-refractivity contribution in [2.45, 2.75) is 31.2 Å². The maximum atomic E-state index is 13.5. The number of hydrogen-bond acceptors (Lipinski definition) is 3. The topological polar surface area (TPSA) is 49.4 Å². The minimum atomic E-state index is -0.374. The number of piperidine rings is 1. The molecule has 0 spiro atoms. The largest absolute Gasteiger partial charge is 0.371 e. The van der Waals surface area contributed by atoms with Gasteiger partial charge in [0.25, 0.3) is 0 Å². The van der Waals surface area contributed by atoms with E-state index in [0.717, 1.165) is 56.3 Å². The lowest BCUT2D eigenvalue weighted by Gasteiger charge is -2.34. The molecule has 0 unspecified atom stereocenters. The maximum Gasteiger partial charge on any atom is 0.223 e. The van der Waals surface area contributed by atoms with Gasteiger partial charge in [-0.1, -0.05) is 12.1 Å². The maximum absolute atomic E-state index is 13.5. The normalized spacial score (nSPS) is 18.8. The van der Waals surface area contributed by atoms with Gasteiger partial charge in [0.1, 0.15) is 12.1 Å². The van der Waals surface area contributed by atoms with E-state index in [1.54, 1.807) is 6.07 Å². The highest BCUT2D eigenvalue weighted by molar-refractivity contribution is 5.80. The molecule has 5 heteroatoms. The molecule has 2 fully saturated rings. The lowest BCUT2D eigenvalue weighted by Crippen LogP contribution is -2.44. The first-order valence-corrected chi connectivity index (χ1v) is 9.48. The standard InChI is InChI=1S/C22H23FN2O2/c23-19-3-1-2-18(14-19)22(10-11-22)24-21(27)17-8-12-25(13-9-17)20-6-4-16(15-26)5-7-20/h1-7,14-15,17H,8-13H2,(H,24,27). The molecule has 27 heavy (non-hydrogen) atoms. The monoisotopic (exact) mass is 366 g/mol. The number of anilines is 1. The summed E-state index contributed by atoms with van der Waals surface area (Å²) in [4.78, 5) is 25.8. The Bertz CT molecular complexity index is 838. The number of aldehydes is 1. The number of halogens is 1. The summed E-state index contributed by atoms with van der Waals surface area (Å²) in [6.45, 7) is 1.62. The molecule has 0 aromatic heterocycles. The van der Waals surface area contributed by atoms with Crippen LogP contribution >= 0.6 is 0 Å². The van der Waals surface area contributed by atoms with Gasteiger partial charge in [0, 0.05) is 30.3 Å². The number of carbonyl (C=O) groups is 2. The van der Waals surface area contributed by atoms with Gasteiger partial charge in [0.15, 0.2) is 0 Å². The van der Waals surface area contributed by atoms with Crippen LogP contribution in [0.4, 0.5) is 10.1 Å². The second-order valence-corrected chi connectivity index (χ2v) is 7.55. The van der Waals surface area contributed by atoms with Gasteiger partial charge >= 0.3 is 0 Å². The Hall–Kier alpha value is -2.69. The summed E-state index contributed by atoms with van der Waals surface area (Å²) < 4.78 is 13.5. The van der Waals surface area contributed by atoms with Crippen molar-refractivity contribution in [1.82, 2.24) is 5.32 Å². The van der Waals surface area contributed by atoms with E-state index >= 15 is 0 Å². The molecule has 4 rings (SSSR count). The van der Waals surface area contributed by atoms with Crippen molar-refractivity contribution >= 4 is 17.9 Å². The first-order chi connectivity index (χ1) is 13.1. The highest BCUT2D eigenvalue weighted by Crippen LogP contribution is 2.46. The second-order valence-electron chi connectivity index (χ2n) is 7.55. The molecule has 1 amide bonds. The smallest absolute Gasteiger partial charge is 0.223 e. The fourth-order valence-corrected chi connectivity index (χ4v) is 3.90. The number of nitrogens with zero attached hydrogens (tertiary/aromatic N) is 1. The zero-order chi connectivity index (χ0) is 18.9. The lowest BCUT2D eigenvalue weighted by molar-refractivity contribution is -0.126. The van der Waals surface area contributed by atoms with E-state index in [9.17, 15) is 14.0 Å². The van der Waals surface area contributed by atoms with Gasteiger partial charge in [0.05, 0.1) is 5.54 Å². The molecule has 140 valence electrons. The van der Waals surface area contributed by atoms with Crippen molar-refractivity contribution in [1.29, 1.82) is 0 Å². The molecular weight excluding hydrogens is 343 g/mol. The van der Waals surface area contributed by atoms with Crippen LogP contribution in [0.2, 0.25) is 0 Å². The van der Waals surface area contributed by atoms with Gasteiger partial charge in [-0.15, -0.1) is 0 Å². The zero-order valence-corrected chi connectivity index (χ0v) is 15.2. The molecule has 1 saturated heterocycles.